The van der Waals surface area contributed by atoms with Gasteiger partial charge in [0.05, 0.1) is 17.3 Å². The van der Waals surface area contributed by atoms with E-state index in [1.807, 2.05) is 19.1 Å². The molecular weight excluding hydrogens is 334 g/mol. The van der Waals surface area contributed by atoms with Crippen LogP contribution in [0.4, 0.5) is 0 Å². The van der Waals surface area contributed by atoms with E-state index in [0.717, 1.165) is 24.0 Å². The topological polar surface area (TPSA) is 106 Å². The second-order valence-corrected chi connectivity index (χ2v) is 6.31. The number of amides is 1. The lowest BCUT2D eigenvalue weighted by Crippen LogP contribution is -2.27. The third-order valence-electron chi connectivity index (χ3n) is 4.60. The highest BCUT2D eigenvalue weighted by Gasteiger charge is 2.26. The second-order valence-electron chi connectivity index (χ2n) is 6.31. The standard InChI is InChI=1S/C18H19N5O3/c1-10-14(8-19-22-10)18(24)20-15-6-4-11-7-12(3-5-13(11)15)17-21-16(9-25-2)26-23-17/h3,5,7-8,15H,4,6,9H2,1-2H3,(H,19,22)(H,20,24)/t15-/m1/s1. The van der Waals surface area contributed by atoms with Crippen molar-refractivity contribution in [2.24, 2.45) is 0 Å². The molecule has 26 heavy (non-hydrogen) atoms. The summed E-state index contributed by atoms with van der Waals surface area (Å²) in [5.74, 6) is 0.880. The maximum absolute atomic E-state index is 12.4. The van der Waals surface area contributed by atoms with E-state index in [1.54, 1.807) is 13.3 Å². The molecule has 0 bridgehead atoms. The second kappa shape index (κ2) is 6.72. The Morgan fingerprint density at radius 3 is 3.12 bits per heavy atom. The normalized spacial score (nSPS) is 15.8. The van der Waals surface area contributed by atoms with Gasteiger partial charge in [-0.2, -0.15) is 10.1 Å². The van der Waals surface area contributed by atoms with E-state index in [4.69, 9.17) is 9.26 Å². The smallest absolute Gasteiger partial charge is 0.255 e. The van der Waals surface area contributed by atoms with E-state index in [0.29, 0.717) is 29.6 Å². The zero-order valence-electron chi connectivity index (χ0n) is 14.6. The first-order valence-electron chi connectivity index (χ1n) is 8.41. The SMILES string of the molecule is COCc1nc(-c2ccc3c(c2)CC[C@H]3NC(=O)c2c[nH]nc2C)no1. The summed E-state index contributed by atoms with van der Waals surface area (Å²) in [7, 11) is 1.58. The van der Waals surface area contributed by atoms with Gasteiger partial charge in [0, 0.05) is 18.9 Å². The van der Waals surface area contributed by atoms with Crippen LogP contribution in [-0.2, 0) is 17.8 Å². The Kier molecular flexibility index (Phi) is 4.26. The number of aromatic amines is 1. The van der Waals surface area contributed by atoms with Crippen LogP contribution in [0.5, 0.6) is 0 Å². The molecule has 1 aliphatic carbocycles. The molecule has 3 aromatic rings. The Hall–Kier alpha value is -3.00. The molecule has 134 valence electrons. The van der Waals surface area contributed by atoms with Gasteiger partial charge in [0.25, 0.3) is 11.8 Å². The van der Waals surface area contributed by atoms with Crippen molar-refractivity contribution < 1.29 is 14.1 Å². The summed E-state index contributed by atoms with van der Waals surface area (Å²) in [6, 6.07) is 6.03. The molecule has 1 aliphatic rings. The van der Waals surface area contributed by atoms with Crippen LogP contribution < -0.4 is 5.32 Å². The van der Waals surface area contributed by atoms with Crippen LogP contribution in [-0.4, -0.2) is 33.4 Å². The number of nitrogens with one attached hydrogen (secondary N) is 2. The first-order chi connectivity index (χ1) is 12.7. The molecule has 0 spiro atoms. The van der Waals surface area contributed by atoms with Gasteiger partial charge in [0.15, 0.2) is 0 Å². The van der Waals surface area contributed by atoms with Crippen LogP contribution in [0.3, 0.4) is 0 Å². The molecule has 0 fully saturated rings. The Bertz CT molecular complexity index is 946. The zero-order chi connectivity index (χ0) is 18.1. The number of carbonyl (C=O) groups excluding carboxylic acids is 1. The number of carbonyl (C=O) groups is 1. The lowest BCUT2D eigenvalue weighted by atomic mass is 10.0. The molecule has 1 aromatic carbocycles. The van der Waals surface area contributed by atoms with Crippen molar-refractivity contribution >= 4 is 5.91 Å². The molecular formula is C18H19N5O3. The molecule has 8 heteroatoms. The van der Waals surface area contributed by atoms with Gasteiger partial charge in [-0.25, -0.2) is 0 Å². The fraction of sp³-hybridized carbons (Fsp3) is 0.333. The summed E-state index contributed by atoms with van der Waals surface area (Å²) in [5, 5.41) is 13.8. The fourth-order valence-corrected chi connectivity index (χ4v) is 3.28. The third kappa shape index (κ3) is 2.99. The van der Waals surface area contributed by atoms with E-state index >= 15 is 0 Å². The van der Waals surface area contributed by atoms with Gasteiger partial charge in [0.2, 0.25) is 5.82 Å². The number of methoxy groups -OCH3 is 1. The highest BCUT2D eigenvalue weighted by Crippen LogP contribution is 2.34. The number of aromatic nitrogens is 4. The number of hydrogen-bond donors (Lipinski definition) is 2. The molecule has 0 saturated carbocycles. The summed E-state index contributed by atoms with van der Waals surface area (Å²) in [6.45, 7) is 2.10. The predicted molar refractivity (Wildman–Crippen MR) is 92.3 cm³/mol. The van der Waals surface area contributed by atoms with E-state index in [1.165, 1.54) is 5.56 Å². The number of rotatable bonds is 5. The summed E-state index contributed by atoms with van der Waals surface area (Å²) in [4.78, 5) is 16.8. The van der Waals surface area contributed by atoms with Gasteiger partial charge in [-0.3, -0.25) is 9.89 Å². The van der Waals surface area contributed by atoms with Crippen LogP contribution in [0.2, 0.25) is 0 Å². The lowest BCUT2D eigenvalue weighted by Gasteiger charge is -2.14. The molecule has 4 rings (SSSR count). The Balaban J connectivity index is 1.52. The van der Waals surface area contributed by atoms with Crippen molar-refractivity contribution in [1.82, 2.24) is 25.7 Å². The molecule has 2 aromatic heterocycles. The quantitative estimate of drug-likeness (QED) is 0.729. The van der Waals surface area contributed by atoms with Gasteiger partial charge in [0.1, 0.15) is 6.61 Å². The van der Waals surface area contributed by atoms with Crippen LogP contribution in [0.15, 0.2) is 28.9 Å². The highest BCUT2D eigenvalue weighted by molar-refractivity contribution is 5.95. The summed E-state index contributed by atoms with van der Waals surface area (Å²) in [5.41, 5.74) is 4.48. The zero-order valence-corrected chi connectivity index (χ0v) is 14.6. The Labute approximate surface area is 150 Å². The number of ether oxygens (including phenoxy) is 1. The Morgan fingerprint density at radius 1 is 1.46 bits per heavy atom. The van der Waals surface area contributed by atoms with E-state index < -0.39 is 0 Å². The number of nitrogens with zero attached hydrogens (tertiary/aromatic N) is 3. The lowest BCUT2D eigenvalue weighted by molar-refractivity contribution is 0.0936. The van der Waals surface area contributed by atoms with Crippen LogP contribution in [0.25, 0.3) is 11.4 Å². The molecule has 0 radical (unpaired) electrons. The molecule has 8 nitrogen and oxygen atoms in total. The van der Waals surface area contributed by atoms with Gasteiger partial charge < -0.3 is 14.6 Å². The van der Waals surface area contributed by atoms with Gasteiger partial charge in [-0.05, 0) is 37.0 Å². The predicted octanol–water partition coefficient (Wildman–Crippen LogP) is 2.33. The Morgan fingerprint density at radius 2 is 2.35 bits per heavy atom. The minimum absolute atomic E-state index is 0.00447. The van der Waals surface area contributed by atoms with Gasteiger partial charge in [-0.15, -0.1) is 0 Å². The first kappa shape index (κ1) is 16.5. The highest BCUT2D eigenvalue weighted by atomic mass is 16.5. The average Bonchev–Trinajstić information content (AvgIpc) is 3.35. The minimum Gasteiger partial charge on any atom is -0.375 e. The van der Waals surface area contributed by atoms with Crippen molar-refractivity contribution in [3.63, 3.8) is 0 Å². The molecule has 0 saturated heterocycles. The van der Waals surface area contributed by atoms with E-state index in [9.17, 15) is 4.79 Å². The average molecular weight is 353 g/mol. The maximum Gasteiger partial charge on any atom is 0.255 e. The van der Waals surface area contributed by atoms with Gasteiger partial charge in [-0.1, -0.05) is 17.3 Å². The van der Waals surface area contributed by atoms with Crippen molar-refractivity contribution in [2.75, 3.05) is 7.11 Å². The maximum atomic E-state index is 12.4. The molecule has 2 heterocycles. The summed E-state index contributed by atoms with van der Waals surface area (Å²) in [6.07, 6.45) is 3.38. The number of H-pyrrole nitrogens is 1. The van der Waals surface area contributed by atoms with Crippen molar-refractivity contribution in [1.29, 1.82) is 0 Å². The third-order valence-corrected chi connectivity index (χ3v) is 4.60. The fourth-order valence-electron chi connectivity index (χ4n) is 3.28. The molecule has 1 amide bonds. The monoisotopic (exact) mass is 353 g/mol. The van der Waals surface area contributed by atoms with Crippen LogP contribution >= 0.6 is 0 Å². The number of hydrogen-bond acceptors (Lipinski definition) is 6. The van der Waals surface area contributed by atoms with Gasteiger partial charge >= 0.3 is 0 Å². The molecule has 1 atom stereocenters. The van der Waals surface area contributed by atoms with E-state index in [-0.39, 0.29) is 11.9 Å². The van der Waals surface area contributed by atoms with Crippen molar-refractivity contribution in [3.05, 3.63) is 52.7 Å². The van der Waals surface area contributed by atoms with Crippen molar-refractivity contribution in [2.45, 2.75) is 32.4 Å². The number of aryl methyl sites for hydroxylation is 2. The first-order valence-corrected chi connectivity index (χ1v) is 8.41. The number of benzene rings is 1. The van der Waals surface area contributed by atoms with Crippen LogP contribution in [0, 0.1) is 6.92 Å². The summed E-state index contributed by atoms with van der Waals surface area (Å²) >= 11 is 0. The van der Waals surface area contributed by atoms with Crippen LogP contribution in [0.1, 0.15) is 45.5 Å². The largest absolute Gasteiger partial charge is 0.375 e. The minimum atomic E-state index is -0.111. The van der Waals surface area contributed by atoms with Crippen molar-refractivity contribution in [3.8, 4) is 11.4 Å². The number of fused-ring (bicyclic) bond motifs is 1. The molecule has 2 N–H and O–H groups in total. The molecule has 0 aliphatic heterocycles. The summed E-state index contributed by atoms with van der Waals surface area (Å²) < 4.78 is 10.2. The van der Waals surface area contributed by atoms with E-state index in [2.05, 4.69) is 31.7 Å². The molecule has 0 unspecified atom stereocenters.